The number of nitrogens with zero attached hydrogens (tertiary/aromatic N) is 3. The summed E-state index contributed by atoms with van der Waals surface area (Å²) in [6.45, 7) is 0. The van der Waals surface area contributed by atoms with E-state index in [0.717, 1.165) is 15.1 Å². The van der Waals surface area contributed by atoms with E-state index in [-0.39, 0.29) is 4.88 Å². The number of aromatic carboxylic acids is 1. The van der Waals surface area contributed by atoms with Gasteiger partial charge in [0.15, 0.2) is 5.13 Å². The Morgan fingerprint density at radius 2 is 2.04 bits per heavy atom. The van der Waals surface area contributed by atoms with E-state index in [2.05, 4.69) is 20.3 Å². The zero-order valence-corrected chi connectivity index (χ0v) is 15.2. The van der Waals surface area contributed by atoms with Crippen molar-refractivity contribution >= 4 is 49.9 Å². The van der Waals surface area contributed by atoms with Crippen LogP contribution in [0.4, 0.5) is 11.1 Å². The van der Waals surface area contributed by atoms with Gasteiger partial charge in [0.25, 0.3) is 0 Å². The summed E-state index contributed by atoms with van der Waals surface area (Å²) in [6, 6.07) is 9.24. The highest BCUT2D eigenvalue weighted by molar-refractivity contribution is 7.22. The minimum absolute atomic E-state index is 0.240. The Morgan fingerprint density at radius 1 is 1.19 bits per heavy atom. The van der Waals surface area contributed by atoms with Gasteiger partial charge in [0.2, 0.25) is 5.95 Å². The lowest BCUT2D eigenvalue weighted by atomic mass is 10.0. The van der Waals surface area contributed by atoms with Crippen molar-refractivity contribution in [2.24, 2.45) is 0 Å². The third-order valence-corrected chi connectivity index (χ3v) is 5.78. The molecule has 0 spiro atoms. The fourth-order valence-corrected chi connectivity index (χ4v) is 4.42. The van der Waals surface area contributed by atoms with Gasteiger partial charge in [0, 0.05) is 24.4 Å². The van der Waals surface area contributed by atoms with Crippen LogP contribution < -0.4 is 11.1 Å². The molecule has 0 fully saturated rings. The number of benzene rings is 1. The third kappa shape index (κ3) is 2.76. The number of carboxylic acids is 1. The van der Waals surface area contributed by atoms with E-state index in [1.807, 2.05) is 24.3 Å². The summed E-state index contributed by atoms with van der Waals surface area (Å²) in [7, 11) is 1.73. The summed E-state index contributed by atoms with van der Waals surface area (Å²) in [5.41, 5.74) is 8.56. The second kappa shape index (κ2) is 6.36. The number of hydrogen-bond acceptors (Lipinski definition) is 8. The van der Waals surface area contributed by atoms with Crippen LogP contribution >= 0.6 is 22.7 Å². The number of fused-ring (bicyclic) bond motifs is 1. The molecule has 0 amide bonds. The van der Waals surface area contributed by atoms with Crippen molar-refractivity contribution in [3.8, 4) is 21.7 Å². The molecule has 0 bridgehead atoms. The number of anilines is 2. The maximum absolute atomic E-state index is 11.8. The largest absolute Gasteiger partial charge is 0.477 e. The summed E-state index contributed by atoms with van der Waals surface area (Å²) in [5, 5.41) is 13.0. The first kappa shape index (κ1) is 16.4. The van der Waals surface area contributed by atoms with Crippen LogP contribution in [0.15, 0.2) is 36.5 Å². The average molecular weight is 383 g/mol. The van der Waals surface area contributed by atoms with E-state index in [9.17, 15) is 9.90 Å². The predicted octanol–water partition coefficient (Wildman–Crippen LogP) is 3.80. The van der Waals surface area contributed by atoms with Gasteiger partial charge in [-0.05, 0) is 18.2 Å². The smallest absolute Gasteiger partial charge is 0.346 e. The number of carbonyl (C=O) groups is 1. The van der Waals surface area contributed by atoms with Crippen molar-refractivity contribution in [1.29, 1.82) is 0 Å². The molecule has 26 heavy (non-hydrogen) atoms. The Hall–Kier alpha value is -3.04. The van der Waals surface area contributed by atoms with Gasteiger partial charge in [0.05, 0.1) is 20.8 Å². The molecule has 0 aliphatic heterocycles. The Morgan fingerprint density at radius 3 is 2.81 bits per heavy atom. The molecule has 0 saturated heterocycles. The highest BCUT2D eigenvalue weighted by atomic mass is 32.1. The molecule has 0 atom stereocenters. The van der Waals surface area contributed by atoms with Crippen molar-refractivity contribution in [3.05, 3.63) is 41.4 Å². The summed E-state index contributed by atoms with van der Waals surface area (Å²) in [5.74, 6) is -0.511. The van der Waals surface area contributed by atoms with E-state index in [1.54, 1.807) is 19.3 Å². The summed E-state index contributed by atoms with van der Waals surface area (Å²) in [4.78, 5) is 25.7. The molecule has 3 heterocycles. The van der Waals surface area contributed by atoms with E-state index in [0.29, 0.717) is 27.9 Å². The first-order valence-electron chi connectivity index (χ1n) is 7.60. The Kier molecular flexibility index (Phi) is 4.02. The molecule has 4 rings (SSSR count). The van der Waals surface area contributed by atoms with Crippen LogP contribution in [-0.4, -0.2) is 33.1 Å². The summed E-state index contributed by atoms with van der Waals surface area (Å²) < 4.78 is 0.920. The monoisotopic (exact) mass is 383 g/mol. The Labute approximate surface area is 156 Å². The predicted molar refractivity (Wildman–Crippen MR) is 105 cm³/mol. The molecular weight excluding hydrogens is 370 g/mol. The molecule has 0 aliphatic carbocycles. The van der Waals surface area contributed by atoms with Crippen molar-refractivity contribution in [2.45, 2.75) is 0 Å². The quantitative estimate of drug-likeness (QED) is 0.491. The number of thiazole rings is 1. The minimum atomic E-state index is -0.987. The van der Waals surface area contributed by atoms with Gasteiger partial charge in [-0.1, -0.05) is 23.5 Å². The number of nitrogens with two attached hydrogens (primary N) is 1. The Bertz CT molecular complexity index is 1140. The molecular formula is C17H13N5O2S2. The van der Waals surface area contributed by atoms with E-state index in [4.69, 9.17) is 5.73 Å². The number of rotatable bonds is 4. The van der Waals surface area contributed by atoms with Crippen molar-refractivity contribution in [3.63, 3.8) is 0 Å². The molecule has 7 nitrogen and oxygen atoms in total. The minimum Gasteiger partial charge on any atom is -0.477 e. The van der Waals surface area contributed by atoms with Crippen LogP contribution in [0, 0.1) is 0 Å². The number of hydrogen-bond donors (Lipinski definition) is 3. The van der Waals surface area contributed by atoms with Gasteiger partial charge in [0.1, 0.15) is 4.88 Å². The summed E-state index contributed by atoms with van der Waals surface area (Å²) in [6.07, 6.45) is 1.63. The molecule has 1 aromatic carbocycles. The van der Waals surface area contributed by atoms with Crippen molar-refractivity contribution in [1.82, 2.24) is 15.0 Å². The van der Waals surface area contributed by atoms with Crippen LogP contribution in [0.5, 0.6) is 0 Å². The molecule has 0 aliphatic rings. The zero-order chi connectivity index (χ0) is 18.3. The molecule has 0 radical (unpaired) electrons. The maximum atomic E-state index is 11.8. The van der Waals surface area contributed by atoms with E-state index in [1.165, 1.54) is 22.7 Å². The number of carboxylic acid groups (broad SMARTS) is 1. The van der Waals surface area contributed by atoms with Gasteiger partial charge >= 0.3 is 5.97 Å². The molecule has 4 N–H and O–H groups in total. The average Bonchev–Trinajstić information content (AvgIpc) is 3.24. The second-order valence-corrected chi connectivity index (χ2v) is 7.49. The highest BCUT2D eigenvalue weighted by Crippen LogP contribution is 2.40. The van der Waals surface area contributed by atoms with Crippen molar-refractivity contribution in [2.75, 3.05) is 18.1 Å². The van der Waals surface area contributed by atoms with E-state index < -0.39 is 5.97 Å². The fourth-order valence-electron chi connectivity index (χ4n) is 2.68. The SMILES string of the molecule is CNc1nccc(-c2cc(-c3cccc4sc(N)nc34)c(C(=O)O)s2)n1. The lowest BCUT2D eigenvalue weighted by Gasteiger charge is -2.01. The first-order chi connectivity index (χ1) is 12.6. The molecule has 0 unspecified atom stereocenters. The molecule has 3 aromatic heterocycles. The van der Waals surface area contributed by atoms with Gasteiger partial charge in [-0.3, -0.25) is 0 Å². The van der Waals surface area contributed by atoms with Gasteiger partial charge in [-0.15, -0.1) is 11.3 Å². The highest BCUT2D eigenvalue weighted by Gasteiger charge is 2.21. The summed E-state index contributed by atoms with van der Waals surface area (Å²) >= 11 is 2.55. The van der Waals surface area contributed by atoms with Crippen LogP contribution in [-0.2, 0) is 0 Å². The van der Waals surface area contributed by atoms with Crippen LogP contribution in [0.25, 0.3) is 31.9 Å². The standard InChI is InChI=1S/C17H13N5O2S2/c1-19-17-20-6-5-10(21-17)12-7-9(14(25-12)15(23)24)8-3-2-4-11-13(8)22-16(18)26-11/h2-7H,1H3,(H2,18,22)(H,23,24)(H,19,20,21). The number of para-hydroxylation sites is 1. The number of aromatic nitrogens is 3. The van der Waals surface area contributed by atoms with Gasteiger partial charge in [-0.2, -0.15) is 0 Å². The topological polar surface area (TPSA) is 114 Å². The number of thiophene rings is 1. The number of nitrogen functional groups attached to an aromatic ring is 1. The van der Waals surface area contributed by atoms with E-state index >= 15 is 0 Å². The van der Waals surface area contributed by atoms with Crippen LogP contribution in [0.3, 0.4) is 0 Å². The third-order valence-electron chi connectivity index (χ3n) is 3.78. The van der Waals surface area contributed by atoms with Crippen LogP contribution in [0.2, 0.25) is 0 Å². The first-order valence-corrected chi connectivity index (χ1v) is 9.24. The normalized spacial score (nSPS) is 11.0. The molecule has 130 valence electrons. The number of nitrogens with one attached hydrogen (secondary N) is 1. The second-order valence-electron chi connectivity index (χ2n) is 5.38. The fraction of sp³-hybridized carbons (Fsp3) is 0.0588. The lowest BCUT2D eigenvalue weighted by molar-refractivity contribution is 0.0703. The zero-order valence-electron chi connectivity index (χ0n) is 13.6. The Balaban J connectivity index is 1.93. The molecule has 9 heteroatoms. The molecule has 4 aromatic rings. The maximum Gasteiger partial charge on any atom is 0.346 e. The van der Waals surface area contributed by atoms with Crippen molar-refractivity contribution < 1.29 is 9.90 Å². The van der Waals surface area contributed by atoms with Gasteiger partial charge in [-0.25, -0.2) is 19.7 Å². The molecule has 0 saturated carbocycles. The van der Waals surface area contributed by atoms with Gasteiger partial charge < -0.3 is 16.2 Å². The lowest BCUT2D eigenvalue weighted by Crippen LogP contribution is -1.95. The van der Waals surface area contributed by atoms with Crippen LogP contribution in [0.1, 0.15) is 9.67 Å².